The molecule has 0 fully saturated rings. The molecule has 0 amide bonds. The number of carbonyl (C=O) groups is 1. The van der Waals surface area contributed by atoms with Crippen LogP contribution in [0.4, 0.5) is 0 Å². The summed E-state index contributed by atoms with van der Waals surface area (Å²) < 4.78 is 4.85. The van der Waals surface area contributed by atoms with E-state index in [1.807, 2.05) is 6.92 Å². The van der Waals surface area contributed by atoms with Gasteiger partial charge in [-0.3, -0.25) is 4.79 Å². The normalized spacial score (nSPS) is 10.6. The first kappa shape index (κ1) is 16.3. The number of halogens is 1. The van der Waals surface area contributed by atoms with Gasteiger partial charge in [-0.1, -0.05) is 6.92 Å². The maximum atomic E-state index is 11.0. The molecule has 0 radical (unpaired) electrons. The second kappa shape index (κ2) is 8.24. The SMILES string of the molecule is Br.CCNC(C)(C)CCC(=O)OCC. The first-order valence-corrected chi connectivity index (χ1v) is 4.92. The monoisotopic (exact) mass is 267 g/mol. The van der Waals surface area contributed by atoms with Gasteiger partial charge in [-0.15, -0.1) is 17.0 Å². The Morgan fingerprint density at radius 3 is 2.36 bits per heavy atom. The molecule has 0 atom stereocenters. The molecule has 0 rings (SSSR count). The molecule has 0 aliphatic carbocycles. The van der Waals surface area contributed by atoms with Gasteiger partial charge < -0.3 is 10.1 Å². The van der Waals surface area contributed by atoms with Crippen LogP contribution in [-0.4, -0.2) is 24.7 Å². The van der Waals surface area contributed by atoms with Gasteiger partial charge in [0, 0.05) is 12.0 Å². The number of nitrogens with one attached hydrogen (secondary N) is 1. The number of carbonyl (C=O) groups excluding carboxylic acids is 1. The number of hydrogen-bond donors (Lipinski definition) is 1. The van der Waals surface area contributed by atoms with Crippen LogP contribution in [0.2, 0.25) is 0 Å². The zero-order valence-corrected chi connectivity index (χ0v) is 11.3. The number of hydrogen-bond acceptors (Lipinski definition) is 3. The lowest BCUT2D eigenvalue weighted by atomic mass is 9.98. The van der Waals surface area contributed by atoms with Crippen molar-refractivity contribution in [2.45, 2.75) is 46.1 Å². The Bertz CT molecular complexity index is 160. The van der Waals surface area contributed by atoms with Crippen LogP contribution in [0.1, 0.15) is 40.5 Å². The van der Waals surface area contributed by atoms with Crippen molar-refractivity contribution in [3.63, 3.8) is 0 Å². The minimum atomic E-state index is -0.103. The summed E-state index contributed by atoms with van der Waals surface area (Å²) in [5.74, 6) is -0.103. The fraction of sp³-hybridized carbons (Fsp3) is 0.900. The van der Waals surface area contributed by atoms with E-state index in [1.165, 1.54) is 0 Å². The van der Waals surface area contributed by atoms with Crippen LogP contribution in [0.3, 0.4) is 0 Å². The Balaban J connectivity index is 0. The first-order chi connectivity index (χ1) is 6.02. The van der Waals surface area contributed by atoms with Gasteiger partial charge in [-0.25, -0.2) is 0 Å². The number of rotatable bonds is 6. The summed E-state index contributed by atoms with van der Waals surface area (Å²) in [4.78, 5) is 11.0. The van der Waals surface area contributed by atoms with Gasteiger partial charge in [0.1, 0.15) is 0 Å². The van der Waals surface area contributed by atoms with E-state index < -0.39 is 0 Å². The molecular weight excluding hydrogens is 246 g/mol. The highest BCUT2D eigenvalue weighted by atomic mass is 79.9. The summed E-state index contributed by atoms with van der Waals surface area (Å²) in [7, 11) is 0. The zero-order chi connectivity index (χ0) is 10.3. The van der Waals surface area contributed by atoms with E-state index in [1.54, 1.807) is 0 Å². The molecule has 0 aliphatic heterocycles. The molecule has 0 saturated carbocycles. The van der Waals surface area contributed by atoms with Crippen LogP contribution < -0.4 is 5.32 Å². The van der Waals surface area contributed by atoms with E-state index in [9.17, 15) is 4.79 Å². The molecule has 0 aliphatic rings. The Morgan fingerprint density at radius 1 is 1.36 bits per heavy atom. The van der Waals surface area contributed by atoms with Crippen molar-refractivity contribution in [1.82, 2.24) is 5.32 Å². The van der Waals surface area contributed by atoms with Crippen LogP contribution in [-0.2, 0) is 9.53 Å². The topological polar surface area (TPSA) is 38.3 Å². The summed E-state index contributed by atoms with van der Waals surface area (Å²) in [6.45, 7) is 9.47. The minimum Gasteiger partial charge on any atom is -0.466 e. The maximum absolute atomic E-state index is 11.0. The van der Waals surface area contributed by atoms with Gasteiger partial charge >= 0.3 is 5.97 Å². The standard InChI is InChI=1S/C10H21NO2.BrH/c1-5-11-10(3,4)8-7-9(12)13-6-2;/h11H,5-8H2,1-4H3;1H. The molecule has 0 unspecified atom stereocenters. The summed E-state index contributed by atoms with van der Waals surface area (Å²) in [6.07, 6.45) is 1.31. The third kappa shape index (κ3) is 8.51. The van der Waals surface area contributed by atoms with Gasteiger partial charge in [0.05, 0.1) is 6.61 Å². The highest BCUT2D eigenvalue weighted by Gasteiger charge is 2.17. The lowest BCUT2D eigenvalue weighted by Gasteiger charge is -2.25. The average Bonchev–Trinajstić information content (AvgIpc) is 2.02. The van der Waals surface area contributed by atoms with Crippen LogP contribution in [0.5, 0.6) is 0 Å². The smallest absolute Gasteiger partial charge is 0.305 e. The van der Waals surface area contributed by atoms with Crippen molar-refractivity contribution in [2.75, 3.05) is 13.2 Å². The molecule has 86 valence electrons. The van der Waals surface area contributed by atoms with E-state index in [4.69, 9.17) is 4.74 Å². The van der Waals surface area contributed by atoms with Crippen molar-refractivity contribution in [2.24, 2.45) is 0 Å². The van der Waals surface area contributed by atoms with Gasteiger partial charge in [-0.2, -0.15) is 0 Å². The molecular formula is C10H22BrNO2. The fourth-order valence-electron chi connectivity index (χ4n) is 1.21. The highest BCUT2D eigenvalue weighted by molar-refractivity contribution is 8.93. The molecule has 4 heteroatoms. The van der Waals surface area contributed by atoms with Gasteiger partial charge in [0.25, 0.3) is 0 Å². The fourth-order valence-corrected chi connectivity index (χ4v) is 1.21. The maximum Gasteiger partial charge on any atom is 0.305 e. The average molecular weight is 268 g/mol. The number of esters is 1. The van der Waals surface area contributed by atoms with Crippen molar-refractivity contribution in [3.8, 4) is 0 Å². The Kier molecular flexibility index (Phi) is 9.62. The van der Waals surface area contributed by atoms with Crippen molar-refractivity contribution in [1.29, 1.82) is 0 Å². The molecule has 1 N–H and O–H groups in total. The Labute approximate surface area is 97.4 Å². The van der Waals surface area contributed by atoms with Gasteiger partial charge in [0.15, 0.2) is 0 Å². The van der Waals surface area contributed by atoms with Crippen LogP contribution in [0.15, 0.2) is 0 Å². The predicted octanol–water partition coefficient (Wildman–Crippen LogP) is 2.30. The molecule has 0 aromatic rings. The lowest BCUT2D eigenvalue weighted by Crippen LogP contribution is -2.39. The minimum absolute atomic E-state index is 0. The largest absolute Gasteiger partial charge is 0.466 e. The molecule has 0 bridgehead atoms. The molecule has 0 spiro atoms. The van der Waals surface area contributed by atoms with E-state index in [0.717, 1.165) is 13.0 Å². The van der Waals surface area contributed by atoms with E-state index in [-0.39, 0.29) is 28.5 Å². The second-order valence-electron chi connectivity index (χ2n) is 3.72. The third-order valence-corrected chi connectivity index (χ3v) is 1.91. The summed E-state index contributed by atoms with van der Waals surface area (Å²) >= 11 is 0. The third-order valence-electron chi connectivity index (χ3n) is 1.91. The zero-order valence-electron chi connectivity index (χ0n) is 9.55. The van der Waals surface area contributed by atoms with Crippen molar-refractivity contribution < 1.29 is 9.53 Å². The van der Waals surface area contributed by atoms with Crippen LogP contribution >= 0.6 is 17.0 Å². The summed E-state index contributed by atoms with van der Waals surface area (Å²) in [5.41, 5.74) is 0.0293. The van der Waals surface area contributed by atoms with E-state index in [2.05, 4.69) is 26.1 Å². The van der Waals surface area contributed by atoms with Crippen LogP contribution in [0.25, 0.3) is 0 Å². The quantitative estimate of drug-likeness (QED) is 0.751. The lowest BCUT2D eigenvalue weighted by molar-refractivity contribution is -0.143. The molecule has 3 nitrogen and oxygen atoms in total. The van der Waals surface area contributed by atoms with E-state index >= 15 is 0 Å². The van der Waals surface area contributed by atoms with Gasteiger partial charge in [0.2, 0.25) is 0 Å². The van der Waals surface area contributed by atoms with E-state index in [0.29, 0.717) is 13.0 Å². The molecule has 0 saturated heterocycles. The molecule has 0 aromatic heterocycles. The van der Waals surface area contributed by atoms with Crippen molar-refractivity contribution in [3.05, 3.63) is 0 Å². The summed E-state index contributed by atoms with van der Waals surface area (Å²) in [5, 5.41) is 3.31. The Morgan fingerprint density at radius 2 is 1.93 bits per heavy atom. The van der Waals surface area contributed by atoms with Crippen LogP contribution in [0, 0.1) is 0 Å². The predicted molar refractivity (Wildman–Crippen MR) is 63.9 cm³/mol. The first-order valence-electron chi connectivity index (χ1n) is 4.92. The molecule has 0 aromatic carbocycles. The number of ether oxygens (including phenoxy) is 1. The summed E-state index contributed by atoms with van der Waals surface area (Å²) in [6, 6.07) is 0. The second-order valence-corrected chi connectivity index (χ2v) is 3.72. The molecule has 14 heavy (non-hydrogen) atoms. The molecule has 0 heterocycles. The van der Waals surface area contributed by atoms with Gasteiger partial charge in [-0.05, 0) is 33.7 Å². The highest BCUT2D eigenvalue weighted by Crippen LogP contribution is 2.11. The Hall–Kier alpha value is -0.0900. The van der Waals surface area contributed by atoms with Crippen molar-refractivity contribution >= 4 is 23.0 Å².